The zero-order valence-electron chi connectivity index (χ0n) is 17.8. The van der Waals surface area contributed by atoms with Gasteiger partial charge in [-0.1, -0.05) is 44.0 Å². The number of benzene rings is 1. The lowest BCUT2D eigenvalue weighted by atomic mass is 10.1. The molecule has 0 saturated heterocycles. The van der Waals surface area contributed by atoms with Gasteiger partial charge in [0, 0.05) is 29.9 Å². The van der Waals surface area contributed by atoms with Gasteiger partial charge in [-0.2, -0.15) is 0 Å². The first-order chi connectivity index (χ1) is 14.3. The van der Waals surface area contributed by atoms with E-state index in [4.69, 9.17) is 0 Å². The Morgan fingerprint density at radius 1 is 1.20 bits per heavy atom. The molecule has 0 saturated carbocycles. The molecule has 1 aromatic rings. The van der Waals surface area contributed by atoms with Crippen LogP contribution in [0.2, 0.25) is 0 Å². The third-order valence-corrected chi connectivity index (χ3v) is 4.22. The lowest BCUT2D eigenvalue weighted by Crippen LogP contribution is -2.26. The maximum absolute atomic E-state index is 12.3. The van der Waals surface area contributed by atoms with Crippen molar-refractivity contribution in [1.82, 2.24) is 10.2 Å². The Hall–Kier alpha value is -3.41. The molecule has 0 aliphatic rings. The highest BCUT2D eigenvalue weighted by atomic mass is 16.5. The van der Waals surface area contributed by atoms with E-state index >= 15 is 0 Å². The third kappa shape index (κ3) is 8.31. The van der Waals surface area contributed by atoms with E-state index in [1.807, 2.05) is 18.2 Å². The number of carbonyl (C=O) groups is 3. The van der Waals surface area contributed by atoms with E-state index in [1.54, 1.807) is 25.1 Å². The maximum atomic E-state index is 12.3. The fourth-order valence-electron chi connectivity index (χ4n) is 2.68. The second-order valence-electron chi connectivity index (χ2n) is 6.66. The summed E-state index contributed by atoms with van der Waals surface area (Å²) in [6, 6.07) is 7.17. The van der Waals surface area contributed by atoms with E-state index in [2.05, 4.69) is 29.8 Å². The minimum absolute atomic E-state index is 0.0635. The van der Waals surface area contributed by atoms with Crippen LogP contribution < -0.4 is 5.32 Å². The topological polar surface area (TPSA) is 75.7 Å². The summed E-state index contributed by atoms with van der Waals surface area (Å²) in [5.74, 6) is -0.681. The zero-order chi connectivity index (χ0) is 22.5. The van der Waals surface area contributed by atoms with Gasteiger partial charge in [0.2, 0.25) is 5.91 Å². The van der Waals surface area contributed by atoms with Gasteiger partial charge in [-0.25, -0.2) is 0 Å². The predicted octanol–water partition coefficient (Wildman–Crippen LogP) is 4.22. The molecule has 160 valence electrons. The summed E-state index contributed by atoms with van der Waals surface area (Å²) in [7, 11) is 1.31. The molecule has 0 atom stereocenters. The highest BCUT2D eigenvalue weighted by Crippen LogP contribution is 2.15. The molecule has 6 nitrogen and oxygen atoms in total. The molecule has 30 heavy (non-hydrogen) atoms. The molecule has 0 aromatic heterocycles. The van der Waals surface area contributed by atoms with Crippen LogP contribution in [0.15, 0.2) is 67.5 Å². The second-order valence-corrected chi connectivity index (χ2v) is 6.66. The summed E-state index contributed by atoms with van der Waals surface area (Å²) in [5, 5.41) is 2.69. The fraction of sp³-hybridized carbons (Fsp3) is 0.292. The summed E-state index contributed by atoms with van der Waals surface area (Å²) in [5.41, 5.74) is 2.52. The first kappa shape index (κ1) is 24.6. The monoisotopic (exact) mass is 410 g/mol. The van der Waals surface area contributed by atoms with Crippen molar-refractivity contribution >= 4 is 23.9 Å². The number of allylic oxidation sites excluding steroid dienone is 3. The molecule has 0 aliphatic heterocycles. The van der Waals surface area contributed by atoms with Crippen LogP contribution in [-0.2, 0) is 14.3 Å². The van der Waals surface area contributed by atoms with E-state index < -0.39 is 0 Å². The Bertz CT molecular complexity index is 839. The van der Waals surface area contributed by atoms with Crippen LogP contribution in [0, 0.1) is 0 Å². The van der Waals surface area contributed by atoms with Crippen LogP contribution >= 0.6 is 0 Å². The molecule has 0 radical (unpaired) electrons. The van der Waals surface area contributed by atoms with Gasteiger partial charge in [0.15, 0.2) is 0 Å². The number of unbranched alkanes of at least 4 members (excludes halogenated alkanes) is 1. The lowest BCUT2D eigenvalue weighted by Gasteiger charge is -2.22. The highest BCUT2D eigenvalue weighted by Gasteiger charge is 2.14. The smallest absolute Gasteiger partial charge is 0.307 e. The molecule has 0 fully saturated rings. The van der Waals surface area contributed by atoms with Crippen LogP contribution in [-0.4, -0.2) is 36.3 Å². The summed E-state index contributed by atoms with van der Waals surface area (Å²) >= 11 is 0. The number of hydrogen-bond donors (Lipinski definition) is 1. The first-order valence-corrected chi connectivity index (χ1v) is 9.71. The Labute approximate surface area is 178 Å². The number of esters is 1. The number of amides is 2. The van der Waals surface area contributed by atoms with E-state index in [0.29, 0.717) is 36.2 Å². The van der Waals surface area contributed by atoms with Crippen molar-refractivity contribution in [2.24, 2.45) is 0 Å². The van der Waals surface area contributed by atoms with E-state index in [0.717, 1.165) is 5.56 Å². The molecule has 1 rings (SSSR count). The number of hydrogen-bond acceptors (Lipinski definition) is 4. The molecule has 6 heteroatoms. The molecular weight excluding hydrogens is 380 g/mol. The third-order valence-electron chi connectivity index (χ3n) is 4.22. The van der Waals surface area contributed by atoms with Crippen LogP contribution in [0.5, 0.6) is 0 Å². The Kier molecular flexibility index (Phi) is 10.6. The van der Waals surface area contributed by atoms with Crippen LogP contribution in [0.4, 0.5) is 0 Å². The molecule has 0 unspecified atom stereocenters. The summed E-state index contributed by atoms with van der Waals surface area (Å²) in [6.45, 7) is 13.2. The average molecular weight is 411 g/mol. The van der Waals surface area contributed by atoms with Gasteiger partial charge in [0.1, 0.15) is 0 Å². The van der Waals surface area contributed by atoms with Gasteiger partial charge in [0.05, 0.1) is 13.5 Å². The predicted molar refractivity (Wildman–Crippen MR) is 119 cm³/mol. The SMILES string of the molecule is C=CC(=C)N(C(=C)C)C(=O)CCCC=Cc1cccc(C(=O)NCCC(=O)OC)c1. The van der Waals surface area contributed by atoms with E-state index in [-0.39, 0.29) is 30.7 Å². The van der Waals surface area contributed by atoms with Crippen molar-refractivity contribution in [2.45, 2.75) is 32.6 Å². The quantitative estimate of drug-likeness (QED) is 0.318. The van der Waals surface area contributed by atoms with Crippen LogP contribution in [0.3, 0.4) is 0 Å². The van der Waals surface area contributed by atoms with Crippen molar-refractivity contribution in [3.63, 3.8) is 0 Å². The van der Waals surface area contributed by atoms with Crippen molar-refractivity contribution in [2.75, 3.05) is 13.7 Å². The minimum Gasteiger partial charge on any atom is -0.469 e. The normalized spacial score (nSPS) is 10.3. The van der Waals surface area contributed by atoms with Crippen molar-refractivity contribution in [1.29, 1.82) is 0 Å². The number of ether oxygens (including phenoxy) is 1. The number of nitrogens with zero attached hydrogens (tertiary/aromatic N) is 1. The van der Waals surface area contributed by atoms with Crippen molar-refractivity contribution in [3.05, 3.63) is 78.7 Å². The standard InChI is InChI=1S/C24H30N2O4/c1-6-19(4)26(18(2)3)22(27)14-9-7-8-11-20-12-10-13-21(17-20)24(29)25-16-15-23(28)30-5/h6,8,10-13,17H,1-2,4,7,9,14-16H2,3,5H3,(H,25,29). The van der Waals surface area contributed by atoms with Gasteiger partial charge in [-0.15, -0.1) is 0 Å². The van der Waals surface area contributed by atoms with E-state index in [1.165, 1.54) is 18.1 Å². The van der Waals surface area contributed by atoms with E-state index in [9.17, 15) is 14.4 Å². The number of carbonyl (C=O) groups excluding carboxylic acids is 3. The van der Waals surface area contributed by atoms with Crippen molar-refractivity contribution < 1.29 is 19.1 Å². The Morgan fingerprint density at radius 3 is 2.57 bits per heavy atom. The lowest BCUT2D eigenvalue weighted by molar-refractivity contribution is -0.140. The number of methoxy groups -OCH3 is 1. The number of rotatable bonds is 12. The molecule has 1 N–H and O–H groups in total. The van der Waals surface area contributed by atoms with Crippen LogP contribution in [0.25, 0.3) is 6.08 Å². The molecule has 0 bridgehead atoms. The van der Waals surface area contributed by atoms with Gasteiger partial charge < -0.3 is 10.1 Å². The van der Waals surface area contributed by atoms with Gasteiger partial charge >= 0.3 is 5.97 Å². The molecule has 0 spiro atoms. The fourth-order valence-corrected chi connectivity index (χ4v) is 2.68. The molecule has 1 aromatic carbocycles. The Balaban J connectivity index is 2.53. The summed E-state index contributed by atoms with van der Waals surface area (Å²) in [6.07, 6.45) is 7.30. The minimum atomic E-state index is -0.370. The first-order valence-electron chi connectivity index (χ1n) is 9.71. The molecular formula is C24H30N2O4. The van der Waals surface area contributed by atoms with Gasteiger partial charge in [-0.3, -0.25) is 19.3 Å². The number of nitrogens with one attached hydrogen (secondary N) is 1. The van der Waals surface area contributed by atoms with Gasteiger partial charge in [-0.05, 0) is 43.5 Å². The Morgan fingerprint density at radius 2 is 1.93 bits per heavy atom. The zero-order valence-corrected chi connectivity index (χ0v) is 17.8. The summed E-state index contributed by atoms with van der Waals surface area (Å²) in [4.78, 5) is 37.1. The van der Waals surface area contributed by atoms with Crippen LogP contribution in [0.1, 0.15) is 48.5 Å². The largest absolute Gasteiger partial charge is 0.469 e. The summed E-state index contributed by atoms with van der Waals surface area (Å²) < 4.78 is 4.54. The second kappa shape index (κ2) is 12.9. The highest BCUT2D eigenvalue weighted by molar-refractivity contribution is 5.94. The average Bonchev–Trinajstić information content (AvgIpc) is 2.73. The molecule has 2 amide bonds. The van der Waals surface area contributed by atoms with Crippen molar-refractivity contribution in [3.8, 4) is 0 Å². The molecule has 0 heterocycles. The maximum Gasteiger partial charge on any atom is 0.307 e. The molecule has 0 aliphatic carbocycles. The van der Waals surface area contributed by atoms with Gasteiger partial charge in [0.25, 0.3) is 5.91 Å².